The maximum Gasteiger partial charge on any atom is 0.137 e. The predicted molar refractivity (Wildman–Crippen MR) is 77.6 cm³/mol. The number of imidazole rings is 1. The second kappa shape index (κ2) is 5.14. The second-order valence-electron chi connectivity index (χ2n) is 5.96. The predicted octanol–water partition coefficient (Wildman–Crippen LogP) is 1.82. The molecule has 1 unspecified atom stereocenters. The number of nitrogens with zero attached hydrogens (tertiary/aromatic N) is 4. The van der Waals surface area contributed by atoms with Crippen molar-refractivity contribution in [2.45, 2.75) is 25.4 Å². The molecule has 0 radical (unpaired) electrons. The van der Waals surface area contributed by atoms with Crippen LogP contribution in [0.5, 0.6) is 0 Å². The van der Waals surface area contributed by atoms with Crippen molar-refractivity contribution in [3.8, 4) is 6.07 Å². The van der Waals surface area contributed by atoms with Crippen molar-refractivity contribution in [1.29, 1.82) is 5.26 Å². The summed E-state index contributed by atoms with van der Waals surface area (Å²) >= 11 is 0. The summed E-state index contributed by atoms with van der Waals surface area (Å²) in [7, 11) is 0. The number of rotatable bonds is 3. The van der Waals surface area contributed by atoms with Crippen LogP contribution in [0.3, 0.4) is 0 Å². The summed E-state index contributed by atoms with van der Waals surface area (Å²) in [5.41, 5.74) is 2.72. The van der Waals surface area contributed by atoms with Gasteiger partial charge in [0.2, 0.25) is 0 Å². The van der Waals surface area contributed by atoms with Crippen LogP contribution in [0.4, 0.5) is 0 Å². The van der Waals surface area contributed by atoms with Crippen molar-refractivity contribution in [1.82, 2.24) is 14.3 Å². The number of pyridine rings is 1. The van der Waals surface area contributed by atoms with E-state index in [0.717, 1.165) is 43.6 Å². The highest BCUT2D eigenvalue weighted by Gasteiger charge is 2.37. The van der Waals surface area contributed by atoms with Gasteiger partial charge in [-0.15, -0.1) is 0 Å². The zero-order valence-corrected chi connectivity index (χ0v) is 11.9. The molecule has 2 aliphatic rings. The molecule has 21 heavy (non-hydrogen) atoms. The Balaban J connectivity index is 1.62. The van der Waals surface area contributed by atoms with Crippen molar-refractivity contribution in [3.63, 3.8) is 0 Å². The summed E-state index contributed by atoms with van der Waals surface area (Å²) in [6.07, 6.45) is 6.46. The monoisotopic (exact) mass is 282 g/mol. The summed E-state index contributed by atoms with van der Waals surface area (Å²) in [6, 6.07) is 6.46. The van der Waals surface area contributed by atoms with Crippen molar-refractivity contribution in [2.75, 3.05) is 19.8 Å². The lowest BCUT2D eigenvalue weighted by molar-refractivity contribution is -0.0204. The molecule has 0 aromatic carbocycles. The van der Waals surface area contributed by atoms with Gasteiger partial charge in [-0.25, -0.2) is 4.98 Å². The van der Waals surface area contributed by atoms with Gasteiger partial charge in [0.1, 0.15) is 11.7 Å². The molecule has 1 aliphatic carbocycles. The van der Waals surface area contributed by atoms with E-state index in [-0.39, 0.29) is 0 Å². The molecule has 0 amide bonds. The number of nitriles is 1. The minimum Gasteiger partial charge on any atom is -0.378 e. The molecule has 3 heterocycles. The van der Waals surface area contributed by atoms with E-state index >= 15 is 0 Å². The lowest BCUT2D eigenvalue weighted by Gasteiger charge is -2.35. The van der Waals surface area contributed by atoms with Crippen LogP contribution in [-0.2, 0) is 11.3 Å². The van der Waals surface area contributed by atoms with Gasteiger partial charge in [-0.1, -0.05) is 0 Å². The number of hydrogen-bond donors (Lipinski definition) is 0. The second-order valence-corrected chi connectivity index (χ2v) is 5.96. The smallest absolute Gasteiger partial charge is 0.137 e. The number of hydrogen-bond acceptors (Lipinski definition) is 4. The largest absolute Gasteiger partial charge is 0.378 e. The van der Waals surface area contributed by atoms with E-state index in [1.807, 2.05) is 28.9 Å². The van der Waals surface area contributed by atoms with Crippen LogP contribution >= 0.6 is 0 Å². The number of fused-ring (bicyclic) bond motifs is 1. The van der Waals surface area contributed by atoms with Crippen molar-refractivity contribution < 1.29 is 4.74 Å². The molecule has 2 aromatic rings. The van der Waals surface area contributed by atoms with Gasteiger partial charge in [-0.2, -0.15) is 5.26 Å². The van der Waals surface area contributed by atoms with E-state index in [9.17, 15) is 0 Å². The van der Waals surface area contributed by atoms with Crippen LogP contribution in [0.25, 0.3) is 5.65 Å². The third-order valence-electron chi connectivity index (χ3n) is 4.52. The normalized spacial score (nSPS) is 23.3. The molecule has 2 fully saturated rings. The maximum atomic E-state index is 9.06. The molecule has 5 nitrogen and oxygen atoms in total. The highest BCUT2D eigenvalue weighted by molar-refractivity contribution is 5.44. The highest BCUT2D eigenvalue weighted by Crippen LogP contribution is 2.37. The Morgan fingerprint density at radius 3 is 3.10 bits per heavy atom. The third kappa shape index (κ3) is 2.41. The average Bonchev–Trinajstić information content (AvgIpc) is 3.30. The topological polar surface area (TPSA) is 53.6 Å². The van der Waals surface area contributed by atoms with Crippen LogP contribution in [0.1, 0.15) is 24.1 Å². The van der Waals surface area contributed by atoms with Crippen molar-refractivity contribution >= 4 is 5.65 Å². The molecule has 2 aromatic heterocycles. The molecule has 0 bridgehead atoms. The van der Waals surface area contributed by atoms with Gasteiger partial charge >= 0.3 is 0 Å². The SMILES string of the molecule is N#Cc1ccc2ncc(CN3CCOCC3C3CC3)n2c1. The molecule has 108 valence electrons. The Hall–Kier alpha value is -1.90. The van der Waals surface area contributed by atoms with Crippen molar-refractivity contribution in [3.05, 3.63) is 35.8 Å². The molecule has 1 atom stereocenters. The third-order valence-corrected chi connectivity index (χ3v) is 4.52. The van der Waals surface area contributed by atoms with Gasteiger partial charge in [0, 0.05) is 25.3 Å². The summed E-state index contributed by atoms with van der Waals surface area (Å²) in [4.78, 5) is 6.96. The van der Waals surface area contributed by atoms with E-state index in [2.05, 4.69) is 16.0 Å². The summed E-state index contributed by atoms with van der Waals surface area (Å²) in [5, 5.41) is 9.06. The molecule has 1 saturated heterocycles. The highest BCUT2D eigenvalue weighted by atomic mass is 16.5. The number of ether oxygens (including phenoxy) is 1. The Morgan fingerprint density at radius 1 is 1.38 bits per heavy atom. The molecular formula is C16H18N4O. The van der Waals surface area contributed by atoms with Crippen LogP contribution in [0.2, 0.25) is 0 Å². The summed E-state index contributed by atoms with van der Waals surface area (Å²) in [5.74, 6) is 0.805. The van der Waals surface area contributed by atoms with Gasteiger partial charge in [0.25, 0.3) is 0 Å². The molecule has 1 saturated carbocycles. The molecule has 1 aliphatic heterocycles. The quantitative estimate of drug-likeness (QED) is 0.861. The van der Waals surface area contributed by atoms with Crippen LogP contribution in [0, 0.1) is 17.2 Å². The first kappa shape index (κ1) is 12.8. The Morgan fingerprint density at radius 2 is 2.29 bits per heavy atom. The lowest BCUT2D eigenvalue weighted by atomic mass is 10.1. The molecule has 5 heteroatoms. The first-order chi connectivity index (χ1) is 10.3. The molecule has 0 N–H and O–H groups in total. The van der Waals surface area contributed by atoms with Gasteiger partial charge < -0.3 is 9.14 Å². The fraction of sp³-hybridized carbons (Fsp3) is 0.500. The number of morpholine rings is 1. The van der Waals surface area contributed by atoms with E-state index < -0.39 is 0 Å². The first-order valence-corrected chi connectivity index (χ1v) is 7.53. The van der Waals surface area contributed by atoms with E-state index in [0.29, 0.717) is 11.6 Å². The minimum atomic E-state index is 0.545. The van der Waals surface area contributed by atoms with Crippen LogP contribution in [-0.4, -0.2) is 40.1 Å². The Bertz CT molecular complexity index is 698. The van der Waals surface area contributed by atoms with Gasteiger partial charge in [0.15, 0.2) is 0 Å². The molecule has 4 rings (SSSR count). The maximum absolute atomic E-state index is 9.06. The summed E-state index contributed by atoms with van der Waals surface area (Å²) in [6.45, 7) is 3.52. The van der Waals surface area contributed by atoms with Crippen LogP contribution < -0.4 is 0 Å². The molecule has 0 spiro atoms. The van der Waals surface area contributed by atoms with Gasteiger partial charge in [-0.3, -0.25) is 4.90 Å². The summed E-state index contributed by atoms with van der Waals surface area (Å²) < 4.78 is 7.69. The average molecular weight is 282 g/mol. The Labute approximate surface area is 123 Å². The fourth-order valence-electron chi connectivity index (χ4n) is 3.19. The standard InChI is InChI=1S/C16H18N4O/c17-7-12-1-4-16-18-8-14(20(16)9-12)10-19-5-6-21-11-15(19)13-2-3-13/h1,4,8-9,13,15H,2-3,5-6,10-11H2. The van der Waals surface area contributed by atoms with Gasteiger partial charge in [-0.05, 0) is 30.9 Å². The Kier molecular flexibility index (Phi) is 3.13. The minimum absolute atomic E-state index is 0.545. The van der Waals surface area contributed by atoms with Crippen LogP contribution in [0.15, 0.2) is 24.5 Å². The zero-order chi connectivity index (χ0) is 14.2. The zero-order valence-electron chi connectivity index (χ0n) is 11.9. The number of aromatic nitrogens is 2. The lowest BCUT2D eigenvalue weighted by Crippen LogP contribution is -2.46. The fourth-order valence-corrected chi connectivity index (χ4v) is 3.19. The first-order valence-electron chi connectivity index (χ1n) is 7.53. The van der Waals surface area contributed by atoms with Crippen molar-refractivity contribution in [2.24, 2.45) is 5.92 Å². The molecular weight excluding hydrogens is 264 g/mol. The van der Waals surface area contributed by atoms with Gasteiger partial charge in [0.05, 0.1) is 30.7 Å². The van der Waals surface area contributed by atoms with E-state index in [1.165, 1.54) is 12.8 Å². The van der Waals surface area contributed by atoms with E-state index in [1.54, 1.807) is 0 Å². The van der Waals surface area contributed by atoms with E-state index in [4.69, 9.17) is 10.00 Å².